The number of hydrogen-bond donors (Lipinski definition) is 0. The maximum absolute atomic E-state index is 2.92. The van der Waals surface area contributed by atoms with E-state index in [0.717, 1.165) is 34.2 Å². The second-order valence-corrected chi connectivity index (χ2v) is 18.0. The van der Waals surface area contributed by atoms with Crippen molar-refractivity contribution in [3.05, 3.63) is 11.6 Å². The van der Waals surface area contributed by atoms with Crippen molar-refractivity contribution >= 4 is 23.5 Å². The molecular weight excluding hydrogens is 448 g/mol. The van der Waals surface area contributed by atoms with Gasteiger partial charge in [0.15, 0.2) is 0 Å². The Balaban J connectivity index is 1.44. The molecule has 0 bridgehead atoms. The molecule has 4 saturated carbocycles. The highest BCUT2D eigenvalue weighted by Crippen LogP contribution is 2.77. The highest BCUT2D eigenvalue weighted by molar-refractivity contribution is 8.20. The molecule has 6 aliphatic rings. The summed E-state index contributed by atoms with van der Waals surface area (Å²) < 4.78 is 0.857. The summed E-state index contributed by atoms with van der Waals surface area (Å²) in [6.07, 6.45) is 17.6. The molecule has 0 nitrogen and oxygen atoms in total. The Hall–Kier alpha value is 0.440. The second-order valence-electron chi connectivity index (χ2n) is 15.3. The van der Waals surface area contributed by atoms with Crippen LogP contribution >= 0.6 is 23.5 Å². The van der Waals surface area contributed by atoms with Gasteiger partial charge in [-0.05, 0) is 114 Å². The number of allylic oxidation sites excluding steroid dienone is 2. The Labute approximate surface area is 220 Å². The van der Waals surface area contributed by atoms with Crippen LogP contribution in [0.25, 0.3) is 0 Å². The number of rotatable bonds is 1. The highest BCUT2D eigenvalue weighted by Gasteiger charge is 2.68. The van der Waals surface area contributed by atoms with E-state index >= 15 is 0 Å². The van der Waals surface area contributed by atoms with E-state index in [-0.39, 0.29) is 0 Å². The van der Waals surface area contributed by atoms with Gasteiger partial charge in [0.05, 0.1) is 4.58 Å². The highest BCUT2D eigenvalue weighted by atomic mass is 32.2. The Morgan fingerprint density at radius 1 is 0.794 bits per heavy atom. The van der Waals surface area contributed by atoms with Gasteiger partial charge < -0.3 is 0 Å². The summed E-state index contributed by atoms with van der Waals surface area (Å²) in [7, 11) is 0. The van der Waals surface area contributed by atoms with Gasteiger partial charge in [0.25, 0.3) is 0 Å². The van der Waals surface area contributed by atoms with E-state index in [0.29, 0.717) is 27.1 Å². The third-order valence-corrected chi connectivity index (χ3v) is 17.4. The Kier molecular flexibility index (Phi) is 5.81. The van der Waals surface area contributed by atoms with Crippen molar-refractivity contribution in [2.75, 3.05) is 11.5 Å². The van der Waals surface area contributed by atoms with Crippen molar-refractivity contribution < 1.29 is 0 Å². The zero-order chi connectivity index (χ0) is 24.1. The molecule has 2 heteroatoms. The van der Waals surface area contributed by atoms with Crippen LogP contribution in [0.15, 0.2) is 11.6 Å². The van der Waals surface area contributed by atoms with Crippen LogP contribution < -0.4 is 0 Å². The SMILES string of the molecule is C[C@H]1[C@H](C)CC[C@]2(C3SCCS3)CC[C@]3(C)C(=CC[C@@H]4[C@@]5(C)CCCC(C)(C)[C@@H]5CC[C@]43C)[C@H]12. The average molecular weight is 501 g/mol. The summed E-state index contributed by atoms with van der Waals surface area (Å²) >= 11 is 4.68. The standard InChI is InChI=1S/C32H52S2/c1-21-11-16-32(27-33-19-20-34-27)18-17-30(6)23(26(32)22(21)2)9-10-25-29(5)14-8-13-28(3,4)24(29)12-15-31(25,30)7/h9,21-22,24-27H,8,10-20H2,1-7H3/t21-,22+,24+,25-,26+,29+,30-,31-,32+/m1/s1. The fourth-order valence-corrected chi connectivity index (χ4v) is 15.3. The molecule has 0 aromatic heterocycles. The Bertz CT molecular complexity index is 853. The average Bonchev–Trinajstić information content (AvgIpc) is 3.32. The molecule has 34 heavy (non-hydrogen) atoms. The molecule has 9 atom stereocenters. The molecule has 192 valence electrons. The van der Waals surface area contributed by atoms with E-state index in [4.69, 9.17) is 0 Å². The molecule has 1 heterocycles. The summed E-state index contributed by atoms with van der Waals surface area (Å²) in [5, 5.41) is 0. The summed E-state index contributed by atoms with van der Waals surface area (Å²) in [5.41, 5.74) is 4.52. The van der Waals surface area contributed by atoms with Crippen molar-refractivity contribution in [3.63, 3.8) is 0 Å². The van der Waals surface area contributed by atoms with Gasteiger partial charge in [-0.2, -0.15) is 0 Å². The Morgan fingerprint density at radius 3 is 2.26 bits per heavy atom. The van der Waals surface area contributed by atoms with Crippen LogP contribution in [0.3, 0.4) is 0 Å². The van der Waals surface area contributed by atoms with Crippen LogP contribution in [0.4, 0.5) is 0 Å². The van der Waals surface area contributed by atoms with Gasteiger partial charge in [-0.1, -0.05) is 66.5 Å². The maximum Gasteiger partial charge on any atom is 0.0565 e. The van der Waals surface area contributed by atoms with Gasteiger partial charge in [-0.25, -0.2) is 0 Å². The lowest BCUT2D eigenvalue weighted by Crippen LogP contribution is -2.64. The molecular formula is C32H52S2. The monoisotopic (exact) mass is 500 g/mol. The molecule has 5 aliphatic carbocycles. The summed E-state index contributed by atoms with van der Waals surface area (Å²) in [6.45, 7) is 18.8. The van der Waals surface area contributed by atoms with Gasteiger partial charge in [0.1, 0.15) is 0 Å². The van der Waals surface area contributed by atoms with Crippen molar-refractivity contribution in [2.24, 2.45) is 56.7 Å². The lowest BCUT2D eigenvalue weighted by Gasteiger charge is -2.71. The maximum atomic E-state index is 2.92. The molecule has 0 aromatic carbocycles. The summed E-state index contributed by atoms with van der Waals surface area (Å²) in [5.74, 6) is 7.15. The van der Waals surface area contributed by atoms with Crippen LogP contribution in [0, 0.1) is 56.7 Å². The van der Waals surface area contributed by atoms with E-state index in [1.807, 2.05) is 5.57 Å². The summed E-state index contributed by atoms with van der Waals surface area (Å²) in [6, 6.07) is 0. The lowest BCUT2D eigenvalue weighted by atomic mass is 9.33. The topological polar surface area (TPSA) is 0 Å². The minimum Gasteiger partial charge on any atom is -0.146 e. The third-order valence-electron chi connectivity index (χ3n) is 13.9. The lowest BCUT2D eigenvalue weighted by molar-refractivity contribution is -0.181. The van der Waals surface area contributed by atoms with Crippen molar-refractivity contribution in [3.8, 4) is 0 Å². The van der Waals surface area contributed by atoms with Crippen LogP contribution in [-0.2, 0) is 0 Å². The van der Waals surface area contributed by atoms with Gasteiger partial charge in [-0.15, -0.1) is 23.5 Å². The van der Waals surface area contributed by atoms with Gasteiger partial charge >= 0.3 is 0 Å². The zero-order valence-corrected chi connectivity index (χ0v) is 25.0. The molecule has 0 amide bonds. The quantitative estimate of drug-likeness (QED) is 0.328. The predicted octanol–water partition coefficient (Wildman–Crippen LogP) is 9.84. The molecule has 0 N–H and O–H groups in total. The molecule has 1 saturated heterocycles. The fourth-order valence-electron chi connectivity index (χ4n) is 11.7. The van der Waals surface area contributed by atoms with Gasteiger partial charge in [0.2, 0.25) is 0 Å². The largest absolute Gasteiger partial charge is 0.146 e. The third kappa shape index (κ3) is 3.06. The van der Waals surface area contributed by atoms with Crippen molar-refractivity contribution in [2.45, 2.75) is 117 Å². The first-order chi connectivity index (χ1) is 16.0. The molecule has 0 spiro atoms. The van der Waals surface area contributed by atoms with Crippen LogP contribution in [0.2, 0.25) is 0 Å². The van der Waals surface area contributed by atoms with Gasteiger partial charge in [-0.3, -0.25) is 0 Å². The zero-order valence-electron chi connectivity index (χ0n) is 23.3. The van der Waals surface area contributed by atoms with E-state index in [2.05, 4.69) is 78.1 Å². The molecule has 0 aromatic rings. The van der Waals surface area contributed by atoms with E-state index < -0.39 is 0 Å². The van der Waals surface area contributed by atoms with Crippen LogP contribution in [0.5, 0.6) is 0 Å². The van der Waals surface area contributed by atoms with Crippen molar-refractivity contribution in [1.29, 1.82) is 0 Å². The van der Waals surface area contributed by atoms with Crippen molar-refractivity contribution in [1.82, 2.24) is 0 Å². The normalized spacial score (nSPS) is 54.9. The molecule has 5 fully saturated rings. The van der Waals surface area contributed by atoms with Crippen LogP contribution in [-0.4, -0.2) is 16.1 Å². The first kappa shape index (κ1) is 24.8. The minimum atomic E-state index is 0.416. The number of hydrogen-bond acceptors (Lipinski definition) is 2. The predicted molar refractivity (Wildman–Crippen MR) is 152 cm³/mol. The first-order valence-corrected chi connectivity index (χ1v) is 17.0. The van der Waals surface area contributed by atoms with Gasteiger partial charge in [0, 0.05) is 11.5 Å². The summed E-state index contributed by atoms with van der Waals surface area (Å²) in [4.78, 5) is 0. The molecule has 0 radical (unpaired) electrons. The number of thioether (sulfide) groups is 2. The molecule has 6 rings (SSSR count). The molecule has 0 unspecified atom stereocenters. The smallest absolute Gasteiger partial charge is 0.0565 e. The minimum absolute atomic E-state index is 0.416. The van der Waals surface area contributed by atoms with Crippen LogP contribution in [0.1, 0.15) is 113 Å². The first-order valence-electron chi connectivity index (χ1n) is 14.9. The van der Waals surface area contributed by atoms with E-state index in [1.54, 1.807) is 0 Å². The Morgan fingerprint density at radius 2 is 1.53 bits per heavy atom. The van der Waals surface area contributed by atoms with E-state index in [1.165, 1.54) is 75.7 Å². The second kappa shape index (κ2) is 7.97. The molecule has 1 aliphatic heterocycles. The fraction of sp³-hybridized carbons (Fsp3) is 0.938. The van der Waals surface area contributed by atoms with E-state index in [9.17, 15) is 0 Å². The number of fused-ring (bicyclic) bond motifs is 7.